The van der Waals surface area contributed by atoms with E-state index in [1.54, 1.807) is 17.0 Å². The topological polar surface area (TPSA) is 107 Å². The van der Waals surface area contributed by atoms with Crippen molar-refractivity contribution in [3.63, 3.8) is 0 Å². The van der Waals surface area contributed by atoms with Crippen molar-refractivity contribution in [2.75, 3.05) is 13.1 Å². The Morgan fingerprint density at radius 2 is 1.91 bits per heavy atom. The number of ether oxygens (including phenoxy) is 1. The highest BCUT2D eigenvalue weighted by atomic mass is 16.5. The third kappa shape index (κ3) is 4.56. The van der Waals surface area contributed by atoms with E-state index >= 15 is 0 Å². The van der Waals surface area contributed by atoms with E-state index in [9.17, 15) is 14.4 Å². The smallest absolute Gasteiger partial charge is 0.331 e. The second kappa shape index (κ2) is 9.30. The third-order valence-corrected chi connectivity index (χ3v) is 5.58. The average molecular weight is 470 g/mol. The summed E-state index contributed by atoms with van der Waals surface area (Å²) < 4.78 is 12.9. The van der Waals surface area contributed by atoms with Crippen LogP contribution in [0.15, 0.2) is 77.4 Å². The molecule has 176 valence electrons. The number of furan rings is 1. The first-order valence-electron chi connectivity index (χ1n) is 11.1. The number of amides is 3. The molecule has 1 aliphatic heterocycles. The molecule has 1 N–H and O–H groups in total. The minimum absolute atomic E-state index is 0.245. The molecule has 4 aromatic rings. The van der Waals surface area contributed by atoms with Crippen LogP contribution in [0.4, 0.5) is 4.79 Å². The number of hydrogen-bond acceptors (Lipinski definition) is 6. The van der Waals surface area contributed by atoms with Crippen molar-refractivity contribution in [1.82, 2.24) is 20.0 Å². The van der Waals surface area contributed by atoms with Crippen LogP contribution in [-0.4, -0.2) is 51.8 Å². The van der Waals surface area contributed by atoms with Crippen molar-refractivity contribution >= 4 is 35.0 Å². The SMILES string of the molecule is CC(OC(=O)/C=C/c1cn(-c2ccccc2)nc1-c1cc2ccccc2o1)C(=O)N1CCNC1=O. The number of carbonyl (C=O) groups excluding carboxylic acids is 3. The van der Waals surface area contributed by atoms with Gasteiger partial charge in [0.05, 0.1) is 5.69 Å². The molecule has 9 heteroatoms. The molecule has 1 aliphatic rings. The van der Waals surface area contributed by atoms with Crippen molar-refractivity contribution in [3.8, 4) is 17.1 Å². The number of carbonyl (C=O) groups is 3. The molecule has 3 amide bonds. The molecular formula is C26H22N4O5. The summed E-state index contributed by atoms with van der Waals surface area (Å²) in [5.41, 5.74) is 2.74. The molecule has 1 fully saturated rings. The van der Waals surface area contributed by atoms with E-state index in [0.29, 0.717) is 23.6 Å². The van der Waals surface area contributed by atoms with Gasteiger partial charge in [-0.2, -0.15) is 5.10 Å². The van der Waals surface area contributed by atoms with Gasteiger partial charge in [-0.1, -0.05) is 36.4 Å². The summed E-state index contributed by atoms with van der Waals surface area (Å²) in [5.74, 6) is -0.729. The minimum atomic E-state index is -1.10. The van der Waals surface area contributed by atoms with E-state index in [4.69, 9.17) is 9.15 Å². The molecule has 3 heterocycles. The Kier molecular flexibility index (Phi) is 5.88. The summed E-state index contributed by atoms with van der Waals surface area (Å²) >= 11 is 0. The van der Waals surface area contributed by atoms with E-state index in [2.05, 4.69) is 10.4 Å². The lowest BCUT2D eigenvalue weighted by Crippen LogP contribution is -2.41. The molecule has 2 aromatic heterocycles. The molecular weight excluding hydrogens is 448 g/mol. The van der Waals surface area contributed by atoms with E-state index in [0.717, 1.165) is 21.6 Å². The maximum Gasteiger partial charge on any atom is 0.331 e. The standard InChI is InChI=1S/C26H22N4O5/c1-17(25(32)29-14-13-27-26(29)33)34-23(31)12-11-19-16-30(20-8-3-2-4-9-20)28-24(19)22-15-18-7-5-6-10-21(18)35-22/h2-12,15-17H,13-14H2,1H3,(H,27,33)/b12-11+. The van der Waals surface area contributed by atoms with Gasteiger partial charge in [-0.25, -0.2) is 14.3 Å². The first-order chi connectivity index (χ1) is 17.0. The van der Waals surface area contributed by atoms with Gasteiger partial charge >= 0.3 is 12.0 Å². The Bertz CT molecular complexity index is 1400. The average Bonchev–Trinajstić information content (AvgIpc) is 3.60. The van der Waals surface area contributed by atoms with Gasteiger partial charge in [-0.15, -0.1) is 0 Å². The lowest BCUT2D eigenvalue weighted by Gasteiger charge is -2.17. The van der Waals surface area contributed by atoms with Crippen molar-refractivity contribution in [1.29, 1.82) is 0 Å². The summed E-state index contributed by atoms with van der Waals surface area (Å²) in [4.78, 5) is 37.6. The Hall–Kier alpha value is -4.66. The first-order valence-corrected chi connectivity index (χ1v) is 11.1. The molecule has 1 unspecified atom stereocenters. The van der Waals surface area contributed by atoms with Gasteiger partial charge in [-0.3, -0.25) is 9.69 Å². The van der Waals surface area contributed by atoms with Crippen LogP contribution in [0.1, 0.15) is 12.5 Å². The summed E-state index contributed by atoms with van der Waals surface area (Å²) in [6, 6.07) is 18.6. The second-order valence-corrected chi connectivity index (χ2v) is 8.00. The number of urea groups is 1. The van der Waals surface area contributed by atoms with Crippen LogP contribution < -0.4 is 5.32 Å². The molecule has 0 saturated carbocycles. The van der Waals surface area contributed by atoms with E-state index < -0.39 is 24.0 Å². The Morgan fingerprint density at radius 1 is 1.14 bits per heavy atom. The first kappa shape index (κ1) is 22.1. The fourth-order valence-corrected chi connectivity index (χ4v) is 3.84. The molecule has 0 bridgehead atoms. The highest BCUT2D eigenvalue weighted by molar-refractivity contribution is 5.99. The zero-order valence-electron chi connectivity index (χ0n) is 18.9. The van der Waals surface area contributed by atoms with E-state index in [1.807, 2.05) is 60.7 Å². The summed E-state index contributed by atoms with van der Waals surface area (Å²) in [6.45, 7) is 2.06. The molecule has 0 radical (unpaired) electrons. The lowest BCUT2D eigenvalue weighted by atomic mass is 10.2. The Balaban J connectivity index is 1.41. The predicted octanol–water partition coefficient (Wildman–Crippen LogP) is 3.78. The number of para-hydroxylation sites is 2. The fourth-order valence-electron chi connectivity index (χ4n) is 3.84. The van der Waals surface area contributed by atoms with Crippen LogP contribution >= 0.6 is 0 Å². The third-order valence-electron chi connectivity index (χ3n) is 5.58. The monoisotopic (exact) mass is 470 g/mol. The molecule has 5 rings (SSSR count). The summed E-state index contributed by atoms with van der Waals surface area (Å²) in [5, 5.41) is 8.17. The number of benzene rings is 2. The minimum Gasteiger partial charge on any atom is -0.454 e. The van der Waals surface area contributed by atoms with E-state index in [1.165, 1.54) is 13.0 Å². The maximum absolute atomic E-state index is 12.5. The van der Waals surface area contributed by atoms with Gasteiger partial charge in [0.25, 0.3) is 5.91 Å². The van der Waals surface area contributed by atoms with Crippen LogP contribution in [-0.2, 0) is 14.3 Å². The Labute approximate surface area is 200 Å². The Morgan fingerprint density at radius 3 is 2.66 bits per heavy atom. The van der Waals surface area contributed by atoms with Gasteiger partial charge in [0.15, 0.2) is 11.9 Å². The number of esters is 1. The quantitative estimate of drug-likeness (QED) is 0.340. The van der Waals surface area contributed by atoms with Gasteiger partial charge in [0.1, 0.15) is 11.3 Å². The zero-order chi connectivity index (χ0) is 24.4. The summed E-state index contributed by atoms with van der Waals surface area (Å²) in [7, 11) is 0. The molecule has 1 saturated heterocycles. The van der Waals surface area contributed by atoms with Crippen molar-refractivity contribution in [2.24, 2.45) is 0 Å². The highest BCUT2D eigenvalue weighted by Gasteiger charge is 2.31. The van der Waals surface area contributed by atoms with Crippen LogP contribution in [0, 0.1) is 0 Å². The molecule has 0 aliphatic carbocycles. The lowest BCUT2D eigenvalue weighted by molar-refractivity contribution is -0.153. The van der Waals surface area contributed by atoms with E-state index in [-0.39, 0.29) is 6.54 Å². The number of rotatable bonds is 6. The molecule has 0 spiro atoms. The van der Waals surface area contributed by atoms with Gasteiger partial charge < -0.3 is 14.5 Å². The second-order valence-electron chi connectivity index (χ2n) is 8.00. The largest absolute Gasteiger partial charge is 0.454 e. The van der Waals surface area contributed by atoms with Gasteiger partial charge in [0, 0.05) is 36.3 Å². The predicted molar refractivity (Wildman–Crippen MR) is 128 cm³/mol. The number of nitrogens with zero attached hydrogens (tertiary/aromatic N) is 3. The zero-order valence-corrected chi connectivity index (χ0v) is 18.9. The number of aromatic nitrogens is 2. The molecule has 9 nitrogen and oxygen atoms in total. The number of nitrogens with one attached hydrogen (secondary N) is 1. The summed E-state index contributed by atoms with van der Waals surface area (Å²) in [6.07, 6.45) is 3.48. The maximum atomic E-state index is 12.5. The van der Waals surface area contributed by atoms with Crippen LogP contribution in [0.5, 0.6) is 0 Å². The number of hydrogen-bond donors (Lipinski definition) is 1. The van der Waals surface area contributed by atoms with Gasteiger partial charge in [-0.05, 0) is 37.3 Å². The fraction of sp³-hybridized carbons (Fsp3) is 0.154. The molecule has 2 aromatic carbocycles. The normalized spacial score (nSPS) is 14.4. The van der Waals surface area contributed by atoms with Crippen LogP contribution in [0.2, 0.25) is 0 Å². The van der Waals surface area contributed by atoms with Crippen molar-refractivity contribution in [3.05, 3.63) is 78.5 Å². The molecule has 35 heavy (non-hydrogen) atoms. The van der Waals surface area contributed by atoms with Crippen LogP contribution in [0.25, 0.3) is 34.2 Å². The number of imide groups is 1. The van der Waals surface area contributed by atoms with Gasteiger partial charge in [0.2, 0.25) is 0 Å². The number of fused-ring (bicyclic) bond motifs is 1. The molecule has 1 atom stereocenters. The van der Waals surface area contributed by atoms with Crippen molar-refractivity contribution < 1.29 is 23.5 Å². The van der Waals surface area contributed by atoms with Crippen molar-refractivity contribution in [2.45, 2.75) is 13.0 Å². The highest BCUT2D eigenvalue weighted by Crippen LogP contribution is 2.30. The van der Waals surface area contributed by atoms with Crippen LogP contribution in [0.3, 0.4) is 0 Å².